The third kappa shape index (κ3) is 4.52. The van der Waals surface area contributed by atoms with Gasteiger partial charge in [0.05, 0.1) is 16.7 Å². The summed E-state index contributed by atoms with van der Waals surface area (Å²) in [5.74, 6) is 0. The summed E-state index contributed by atoms with van der Waals surface area (Å²) in [4.78, 5) is 2.41. The Morgan fingerprint density at radius 1 is 0.464 bits per heavy atom. The molecule has 0 bridgehead atoms. The second-order valence-electron chi connectivity index (χ2n) is 15.6. The zero-order chi connectivity index (χ0) is 36.8. The Hall–Kier alpha value is -6.84. The molecule has 8 aromatic carbocycles. The Bertz CT molecular complexity index is 3140. The van der Waals surface area contributed by atoms with Crippen molar-refractivity contribution in [2.45, 2.75) is 31.1 Å². The summed E-state index contributed by atoms with van der Waals surface area (Å²) >= 11 is 0. The zero-order valence-corrected chi connectivity index (χ0v) is 31.0. The first-order chi connectivity index (χ1) is 27.7. The van der Waals surface area contributed by atoms with Gasteiger partial charge in [0, 0.05) is 44.0 Å². The van der Waals surface area contributed by atoms with Gasteiger partial charge in [-0.1, -0.05) is 134 Å². The van der Waals surface area contributed by atoms with Gasteiger partial charge in [-0.2, -0.15) is 0 Å². The summed E-state index contributed by atoms with van der Waals surface area (Å²) < 4.78 is 9.10. The number of benzene rings is 8. The van der Waals surface area contributed by atoms with Crippen LogP contribution in [0.4, 0.5) is 17.1 Å². The molecule has 0 N–H and O–H groups in total. The fourth-order valence-electron chi connectivity index (χ4n) is 10.2. The second kappa shape index (κ2) is 12.1. The summed E-state index contributed by atoms with van der Waals surface area (Å²) in [6, 6.07) is 66.7. The molecule has 12 rings (SSSR count). The Morgan fingerprint density at radius 3 is 2.02 bits per heavy atom. The standard InChI is InChI=1S/C53H38N2O/c1-2-13-37(14-3-1)55-48-20-8-5-16-42(48)43-29-25-36(33-50(43)55)35-23-26-38(27-24-35)54(49-21-12-18-45-44-17-6-9-22-51(44)56-52(45)49)39-28-30-41-40-15-4-7-19-46(40)53(47(41)34-39)31-10-11-32-53/h1-9,12-30,33-34H,10-11,31-32H2. The van der Waals surface area contributed by atoms with Crippen molar-refractivity contribution in [3.63, 3.8) is 0 Å². The van der Waals surface area contributed by atoms with Crippen molar-refractivity contribution in [3.05, 3.63) is 193 Å². The molecule has 2 aromatic heterocycles. The molecule has 10 aromatic rings. The lowest BCUT2D eigenvalue weighted by Gasteiger charge is -2.30. The van der Waals surface area contributed by atoms with E-state index in [0.29, 0.717) is 0 Å². The zero-order valence-electron chi connectivity index (χ0n) is 31.0. The number of hydrogen-bond acceptors (Lipinski definition) is 2. The molecule has 1 spiro atoms. The maximum Gasteiger partial charge on any atom is 0.159 e. The minimum Gasteiger partial charge on any atom is -0.454 e. The van der Waals surface area contributed by atoms with Gasteiger partial charge in [-0.15, -0.1) is 0 Å². The van der Waals surface area contributed by atoms with Crippen LogP contribution in [-0.2, 0) is 5.41 Å². The van der Waals surface area contributed by atoms with E-state index in [2.05, 4.69) is 191 Å². The van der Waals surface area contributed by atoms with Gasteiger partial charge >= 0.3 is 0 Å². The lowest BCUT2D eigenvalue weighted by molar-refractivity contribution is 0.550. The van der Waals surface area contributed by atoms with Gasteiger partial charge in [0.2, 0.25) is 0 Å². The summed E-state index contributed by atoms with van der Waals surface area (Å²) in [7, 11) is 0. The Labute approximate surface area is 325 Å². The molecule has 0 unspecified atom stereocenters. The van der Waals surface area contributed by atoms with E-state index in [-0.39, 0.29) is 5.41 Å². The van der Waals surface area contributed by atoms with Crippen molar-refractivity contribution in [1.29, 1.82) is 0 Å². The van der Waals surface area contributed by atoms with E-state index < -0.39 is 0 Å². The molecule has 0 radical (unpaired) electrons. The fraction of sp³-hybridized carbons (Fsp3) is 0.0943. The largest absolute Gasteiger partial charge is 0.454 e. The molecule has 0 aliphatic heterocycles. The van der Waals surface area contributed by atoms with Crippen LogP contribution >= 0.6 is 0 Å². The number of nitrogens with zero attached hydrogens (tertiary/aromatic N) is 2. The molecule has 0 saturated heterocycles. The van der Waals surface area contributed by atoms with Crippen molar-refractivity contribution in [2.75, 3.05) is 4.90 Å². The average Bonchev–Trinajstić information content (AvgIpc) is 4.04. The smallest absolute Gasteiger partial charge is 0.159 e. The molecule has 2 aliphatic carbocycles. The number of fused-ring (bicyclic) bond motifs is 11. The number of furan rings is 1. The highest BCUT2D eigenvalue weighted by atomic mass is 16.3. The molecule has 3 heteroatoms. The Balaban J connectivity index is 1.03. The SMILES string of the molecule is c1ccc(-n2c3ccccc3c3ccc(-c4ccc(N(c5ccc6c(c5)C5(CCCC5)c5ccccc5-6)c5cccc6c5oc5ccccc56)cc4)cc32)cc1. The van der Waals surface area contributed by atoms with Crippen LogP contribution in [0.2, 0.25) is 0 Å². The van der Waals surface area contributed by atoms with Crippen molar-refractivity contribution in [3.8, 4) is 27.9 Å². The maximum atomic E-state index is 6.71. The van der Waals surface area contributed by atoms with E-state index in [4.69, 9.17) is 4.42 Å². The number of anilines is 3. The molecule has 266 valence electrons. The number of para-hydroxylation sites is 4. The summed E-state index contributed by atoms with van der Waals surface area (Å²) in [6.07, 6.45) is 4.92. The quantitative estimate of drug-likeness (QED) is 0.177. The summed E-state index contributed by atoms with van der Waals surface area (Å²) in [6.45, 7) is 0. The molecule has 56 heavy (non-hydrogen) atoms. The second-order valence-corrected chi connectivity index (χ2v) is 15.6. The first-order valence-corrected chi connectivity index (χ1v) is 19.9. The van der Waals surface area contributed by atoms with Gasteiger partial charge < -0.3 is 13.9 Å². The van der Waals surface area contributed by atoms with Crippen LogP contribution < -0.4 is 4.90 Å². The molecular weight excluding hydrogens is 681 g/mol. The molecule has 2 heterocycles. The van der Waals surface area contributed by atoms with Crippen LogP contribution in [0.3, 0.4) is 0 Å². The lowest BCUT2D eigenvalue weighted by Crippen LogP contribution is -2.21. The van der Waals surface area contributed by atoms with Crippen LogP contribution in [0.25, 0.3) is 71.7 Å². The first-order valence-electron chi connectivity index (χ1n) is 19.9. The molecule has 1 fully saturated rings. The van der Waals surface area contributed by atoms with E-state index in [1.165, 1.54) is 86.6 Å². The summed E-state index contributed by atoms with van der Waals surface area (Å²) in [5, 5.41) is 4.79. The first kappa shape index (κ1) is 31.5. The predicted octanol–water partition coefficient (Wildman–Crippen LogP) is 14.7. The van der Waals surface area contributed by atoms with Gasteiger partial charge in [0.1, 0.15) is 5.58 Å². The Kier molecular flexibility index (Phi) is 6.80. The van der Waals surface area contributed by atoms with E-state index in [9.17, 15) is 0 Å². The van der Waals surface area contributed by atoms with Gasteiger partial charge in [0.15, 0.2) is 5.58 Å². The van der Waals surface area contributed by atoms with E-state index in [0.717, 1.165) is 39.0 Å². The Morgan fingerprint density at radius 2 is 1.14 bits per heavy atom. The van der Waals surface area contributed by atoms with Crippen LogP contribution in [0.5, 0.6) is 0 Å². The van der Waals surface area contributed by atoms with Crippen LogP contribution in [0.1, 0.15) is 36.8 Å². The minimum absolute atomic E-state index is 0.0731. The fourth-order valence-corrected chi connectivity index (χ4v) is 10.2. The van der Waals surface area contributed by atoms with Gasteiger partial charge in [-0.05, 0) is 107 Å². The monoisotopic (exact) mass is 718 g/mol. The highest BCUT2D eigenvalue weighted by Gasteiger charge is 2.45. The highest BCUT2D eigenvalue weighted by molar-refractivity contribution is 6.11. The van der Waals surface area contributed by atoms with Crippen molar-refractivity contribution in [1.82, 2.24) is 4.57 Å². The molecule has 0 amide bonds. The predicted molar refractivity (Wildman–Crippen MR) is 233 cm³/mol. The minimum atomic E-state index is 0.0731. The maximum absolute atomic E-state index is 6.71. The van der Waals surface area contributed by atoms with Gasteiger partial charge in [0.25, 0.3) is 0 Å². The van der Waals surface area contributed by atoms with E-state index in [1.807, 2.05) is 0 Å². The topological polar surface area (TPSA) is 21.3 Å². The van der Waals surface area contributed by atoms with Crippen molar-refractivity contribution < 1.29 is 4.42 Å². The van der Waals surface area contributed by atoms with Crippen molar-refractivity contribution in [2.24, 2.45) is 0 Å². The highest BCUT2D eigenvalue weighted by Crippen LogP contribution is 2.58. The molecule has 1 saturated carbocycles. The number of rotatable bonds is 5. The lowest BCUT2D eigenvalue weighted by atomic mass is 9.76. The number of hydrogen-bond donors (Lipinski definition) is 0. The molecule has 0 atom stereocenters. The van der Waals surface area contributed by atoms with E-state index >= 15 is 0 Å². The van der Waals surface area contributed by atoms with E-state index in [1.54, 1.807) is 0 Å². The molecule has 2 aliphatic rings. The third-order valence-corrected chi connectivity index (χ3v) is 12.7. The van der Waals surface area contributed by atoms with Gasteiger partial charge in [-0.3, -0.25) is 0 Å². The number of aromatic nitrogens is 1. The average molecular weight is 719 g/mol. The van der Waals surface area contributed by atoms with Crippen molar-refractivity contribution >= 4 is 60.8 Å². The summed E-state index contributed by atoms with van der Waals surface area (Å²) in [5.41, 5.74) is 16.9. The van der Waals surface area contributed by atoms with Gasteiger partial charge in [-0.25, -0.2) is 0 Å². The molecular formula is C53H38N2O. The third-order valence-electron chi connectivity index (χ3n) is 12.7. The van der Waals surface area contributed by atoms with Crippen LogP contribution in [0, 0.1) is 0 Å². The van der Waals surface area contributed by atoms with Crippen LogP contribution in [-0.4, -0.2) is 4.57 Å². The molecule has 3 nitrogen and oxygen atoms in total. The van der Waals surface area contributed by atoms with Crippen LogP contribution in [0.15, 0.2) is 186 Å². The normalized spacial score (nSPS) is 14.3.